The van der Waals surface area contributed by atoms with Gasteiger partial charge in [-0.3, -0.25) is 4.79 Å². The molecule has 1 aromatic carbocycles. The van der Waals surface area contributed by atoms with Gasteiger partial charge in [0.2, 0.25) is 0 Å². The molecule has 0 bridgehead atoms. The highest BCUT2D eigenvalue weighted by Gasteiger charge is 2.50. The minimum Gasteiger partial charge on any atom is -0.508 e. The Balaban J connectivity index is 2.01. The molecule has 0 radical (unpaired) electrons. The third-order valence-electron chi connectivity index (χ3n) is 5.45. The molecule has 1 aromatic rings. The molecule has 0 heterocycles. The molecule has 1 N–H and O–H groups in total. The number of hydrogen-bond donors (Lipinski definition) is 1. The van der Waals surface area contributed by atoms with Crippen LogP contribution in [-0.2, 0) is 10.2 Å². The Morgan fingerprint density at radius 1 is 1.26 bits per heavy atom. The van der Waals surface area contributed by atoms with Crippen LogP contribution < -0.4 is 0 Å². The highest BCUT2D eigenvalue weighted by atomic mass is 16.3. The SMILES string of the molecule is CCCCCCCC(C)C(=O)C1(c2cccc(O)c2)CC(C)C1. The second-order valence-electron chi connectivity index (χ2n) is 7.61. The normalized spacial score (nSPS) is 24.9. The lowest BCUT2D eigenvalue weighted by Crippen LogP contribution is -2.49. The summed E-state index contributed by atoms with van der Waals surface area (Å²) in [5.41, 5.74) is 0.666. The molecule has 0 aliphatic heterocycles. The van der Waals surface area contributed by atoms with Crippen LogP contribution in [0.1, 0.15) is 77.7 Å². The van der Waals surface area contributed by atoms with Gasteiger partial charge in [0.05, 0.1) is 5.41 Å². The van der Waals surface area contributed by atoms with Gasteiger partial charge in [-0.05, 0) is 42.9 Å². The number of ketones is 1. The van der Waals surface area contributed by atoms with E-state index in [0.717, 1.165) is 31.2 Å². The Hall–Kier alpha value is -1.31. The van der Waals surface area contributed by atoms with Gasteiger partial charge >= 0.3 is 0 Å². The molecule has 0 aromatic heterocycles. The third-order valence-corrected chi connectivity index (χ3v) is 5.45. The first-order valence-corrected chi connectivity index (χ1v) is 9.33. The van der Waals surface area contributed by atoms with Crippen molar-refractivity contribution in [2.24, 2.45) is 11.8 Å². The molecule has 1 aliphatic rings. The first-order chi connectivity index (χ1) is 11.0. The zero-order valence-corrected chi connectivity index (χ0v) is 15.0. The maximum Gasteiger partial charge on any atom is 0.146 e. The molecule has 128 valence electrons. The van der Waals surface area contributed by atoms with Gasteiger partial charge in [0, 0.05) is 5.92 Å². The summed E-state index contributed by atoms with van der Waals surface area (Å²) in [6.45, 7) is 6.53. The molecule has 2 rings (SSSR count). The quantitative estimate of drug-likeness (QED) is 0.600. The zero-order chi connectivity index (χ0) is 16.9. The summed E-state index contributed by atoms with van der Waals surface area (Å²) in [7, 11) is 0. The minimum absolute atomic E-state index is 0.117. The van der Waals surface area contributed by atoms with Gasteiger partial charge in [-0.15, -0.1) is 0 Å². The van der Waals surface area contributed by atoms with Crippen molar-refractivity contribution in [1.82, 2.24) is 0 Å². The van der Waals surface area contributed by atoms with E-state index in [4.69, 9.17) is 0 Å². The molecule has 2 nitrogen and oxygen atoms in total. The molecule has 1 atom stereocenters. The Labute approximate surface area is 141 Å². The number of unbranched alkanes of at least 4 members (excludes halogenated alkanes) is 4. The maximum atomic E-state index is 13.1. The largest absolute Gasteiger partial charge is 0.508 e. The van der Waals surface area contributed by atoms with Crippen molar-refractivity contribution in [3.63, 3.8) is 0 Å². The highest BCUT2D eigenvalue weighted by Crippen LogP contribution is 2.50. The summed E-state index contributed by atoms with van der Waals surface area (Å²) >= 11 is 0. The molecule has 23 heavy (non-hydrogen) atoms. The Bertz CT molecular complexity index is 514. The summed E-state index contributed by atoms with van der Waals surface area (Å²) in [4.78, 5) is 13.1. The maximum absolute atomic E-state index is 13.1. The second-order valence-corrected chi connectivity index (χ2v) is 7.61. The molecule has 2 heteroatoms. The highest BCUT2D eigenvalue weighted by molar-refractivity contribution is 5.93. The van der Waals surface area contributed by atoms with Crippen molar-refractivity contribution in [3.8, 4) is 5.75 Å². The van der Waals surface area contributed by atoms with Crippen molar-refractivity contribution in [3.05, 3.63) is 29.8 Å². The molecule has 0 amide bonds. The third kappa shape index (κ3) is 4.16. The fourth-order valence-corrected chi connectivity index (χ4v) is 4.17. The number of benzene rings is 1. The average molecular weight is 316 g/mol. The minimum atomic E-state index is -0.346. The second kappa shape index (κ2) is 7.99. The number of phenolic OH excluding ortho intramolecular Hbond substituents is 1. The number of rotatable bonds is 9. The van der Waals surface area contributed by atoms with E-state index >= 15 is 0 Å². The summed E-state index contributed by atoms with van der Waals surface area (Å²) in [6.07, 6.45) is 9.08. The van der Waals surface area contributed by atoms with Crippen molar-refractivity contribution in [2.75, 3.05) is 0 Å². The van der Waals surface area contributed by atoms with E-state index < -0.39 is 0 Å². The predicted molar refractivity (Wildman–Crippen MR) is 95.7 cm³/mol. The van der Waals surface area contributed by atoms with Gasteiger partial charge in [0.1, 0.15) is 11.5 Å². The molecular weight excluding hydrogens is 284 g/mol. The number of phenols is 1. The molecule has 0 saturated heterocycles. The van der Waals surface area contributed by atoms with E-state index in [-0.39, 0.29) is 17.1 Å². The van der Waals surface area contributed by atoms with E-state index in [1.807, 2.05) is 12.1 Å². The van der Waals surface area contributed by atoms with Crippen LogP contribution in [0.5, 0.6) is 5.75 Å². The summed E-state index contributed by atoms with van der Waals surface area (Å²) in [6, 6.07) is 7.34. The van der Waals surface area contributed by atoms with Gasteiger partial charge in [-0.25, -0.2) is 0 Å². The number of Topliss-reactive ketones (excluding diaryl/α,β-unsaturated/α-hetero) is 1. The number of carbonyl (C=O) groups excluding carboxylic acids is 1. The van der Waals surface area contributed by atoms with E-state index in [9.17, 15) is 9.90 Å². The standard InChI is InChI=1S/C21H32O2/c1-4-5-6-7-8-10-17(3)20(23)21(14-16(2)15-21)18-11-9-12-19(22)13-18/h9,11-13,16-17,22H,4-8,10,14-15H2,1-3H3. The van der Waals surface area contributed by atoms with Crippen molar-refractivity contribution in [2.45, 2.75) is 77.6 Å². The average Bonchev–Trinajstić information content (AvgIpc) is 2.50. The van der Waals surface area contributed by atoms with Crippen LogP contribution in [0.4, 0.5) is 0 Å². The van der Waals surface area contributed by atoms with Crippen LogP contribution in [0.3, 0.4) is 0 Å². The lowest BCUT2D eigenvalue weighted by molar-refractivity contribution is -0.133. The predicted octanol–water partition coefficient (Wildman–Crippen LogP) is 5.63. The van der Waals surface area contributed by atoms with E-state index in [2.05, 4.69) is 20.8 Å². The van der Waals surface area contributed by atoms with Crippen molar-refractivity contribution >= 4 is 5.78 Å². The van der Waals surface area contributed by atoms with E-state index in [1.165, 1.54) is 25.7 Å². The first kappa shape index (κ1) is 18.0. The van der Waals surface area contributed by atoms with Crippen LogP contribution in [0, 0.1) is 11.8 Å². The Kier molecular flexibility index (Phi) is 6.26. The zero-order valence-electron chi connectivity index (χ0n) is 15.0. The molecule has 0 spiro atoms. The smallest absolute Gasteiger partial charge is 0.146 e. The van der Waals surface area contributed by atoms with E-state index in [0.29, 0.717) is 11.7 Å². The number of aromatic hydroxyl groups is 1. The van der Waals surface area contributed by atoms with Gasteiger partial charge < -0.3 is 5.11 Å². The summed E-state index contributed by atoms with van der Waals surface area (Å²) in [5.74, 6) is 1.36. The summed E-state index contributed by atoms with van der Waals surface area (Å²) < 4.78 is 0. The molecule has 1 saturated carbocycles. The van der Waals surface area contributed by atoms with Gasteiger partial charge in [-0.2, -0.15) is 0 Å². The molecular formula is C21H32O2. The number of carbonyl (C=O) groups is 1. The monoisotopic (exact) mass is 316 g/mol. The fraction of sp³-hybridized carbons (Fsp3) is 0.667. The molecule has 1 fully saturated rings. The lowest BCUT2D eigenvalue weighted by atomic mass is 9.55. The van der Waals surface area contributed by atoms with Gasteiger partial charge in [0.25, 0.3) is 0 Å². The Morgan fingerprint density at radius 3 is 2.57 bits per heavy atom. The van der Waals surface area contributed by atoms with Crippen LogP contribution in [0.15, 0.2) is 24.3 Å². The van der Waals surface area contributed by atoms with Crippen LogP contribution in [-0.4, -0.2) is 10.9 Å². The van der Waals surface area contributed by atoms with Crippen molar-refractivity contribution in [1.29, 1.82) is 0 Å². The van der Waals surface area contributed by atoms with Gasteiger partial charge in [-0.1, -0.05) is 65.0 Å². The van der Waals surface area contributed by atoms with Crippen LogP contribution in [0.2, 0.25) is 0 Å². The fourth-order valence-electron chi connectivity index (χ4n) is 4.17. The van der Waals surface area contributed by atoms with Gasteiger partial charge in [0.15, 0.2) is 0 Å². The topological polar surface area (TPSA) is 37.3 Å². The number of hydrogen-bond acceptors (Lipinski definition) is 2. The van der Waals surface area contributed by atoms with Crippen LogP contribution >= 0.6 is 0 Å². The van der Waals surface area contributed by atoms with Crippen molar-refractivity contribution < 1.29 is 9.90 Å². The van der Waals surface area contributed by atoms with Crippen LogP contribution in [0.25, 0.3) is 0 Å². The lowest BCUT2D eigenvalue weighted by Gasteiger charge is -2.47. The van der Waals surface area contributed by atoms with E-state index in [1.54, 1.807) is 12.1 Å². The first-order valence-electron chi connectivity index (χ1n) is 9.33. The molecule has 1 unspecified atom stereocenters. The summed E-state index contributed by atoms with van der Waals surface area (Å²) in [5, 5.41) is 9.79. The Morgan fingerprint density at radius 2 is 1.96 bits per heavy atom. The molecule has 1 aliphatic carbocycles.